The molecular weight excluding hydrogens is 310 g/mol. The zero-order valence-electron chi connectivity index (χ0n) is 14.6. The molecule has 0 aliphatic heterocycles. The number of hydrogen-bond donors (Lipinski definition) is 2. The molecule has 0 fully saturated rings. The Labute approximate surface area is 148 Å². The highest BCUT2D eigenvalue weighted by Crippen LogP contribution is 2.29. The molecule has 0 heterocycles. The summed E-state index contributed by atoms with van der Waals surface area (Å²) in [5.41, 5.74) is 5.00. The van der Waals surface area contributed by atoms with Crippen LogP contribution in [0.25, 0.3) is 0 Å². The van der Waals surface area contributed by atoms with E-state index in [-0.39, 0.29) is 0 Å². The predicted octanol–water partition coefficient (Wildman–Crippen LogP) is 4.70. The molecule has 1 unspecified atom stereocenters. The molecule has 3 aromatic carbocycles. The van der Waals surface area contributed by atoms with Crippen LogP contribution in [0.2, 0.25) is 0 Å². The lowest BCUT2D eigenvalue weighted by Crippen LogP contribution is -2.07. The smallest absolute Gasteiger partial charge is 0.118 e. The van der Waals surface area contributed by atoms with Crippen molar-refractivity contribution in [2.24, 2.45) is 0 Å². The van der Waals surface area contributed by atoms with E-state index in [2.05, 4.69) is 11.4 Å². The van der Waals surface area contributed by atoms with Gasteiger partial charge < -0.3 is 15.2 Å². The van der Waals surface area contributed by atoms with Crippen LogP contribution in [-0.4, -0.2) is 12.2 Å². The zero-order chi connectivity index (χ0) is 17.6. The SMILES string of the molecule is COc1ccc(CNc2ccc(C)cc2C(O)c2ccccc2)cc1. The number of benzene rings is 3. The molecule has 3 nitrogen and oxygen atoms in total. The van der Waals surface area contributed by atoms with Crippen LogP contribution in [0.1, 0.15) is 28.4 Å². The Bertz CT molecular complexity index is 813. The van der Waals surface area contributed by atoms with Crippen molar-refractivity contribution in [3.8, 4) is 5.75 Å². The van der Waals surface area contributed by atoms with Crippen molar-refractivity contribution >= 4 is 5.69 Å². The van der Waals surface area contributed by atoms with E-state index in [9.17, 15) is 5.11 Å². The summed E-state index contributed by atoms with van der Waals surface area (Å²) in [6, 6.07) is 23.8. The van der Waals surface area contributed by atoms with Crippen molar-refractivity contribution in [1.29, 1.82) is 0 Å². The van der Waals surface area contributed by atoms with Gasteiger partial charge in [-0.2, -0.15) is 0 Å². The van der Waals surface area contributed by atoms with E-state index in [0.29, 0.717) is 6.54 Å². The normalized spacial score (nSPS) is 11.8. The first-order chi connectivity index (χ1) is 12.2. The number of aryl methyl sites for hydroxylation is 1. The van der Waals surface area contributed by atoms with Gasteiger partial charge in [0.2, 0.25) is 0 Å². The summed E-state index contributed by atoms with van der Waals surface area (Å²) >= 11 is 0. The van der Waals surface area contributed by atoms with Crippen molar-refractivity contribution in [1.82, 2.24) is 0 Å². The first kappa shape index (κ1) is 17.1. The highest BCUT2D eigenvalue weighted by molar-refractivity contribution is 5.56. The van der Waals surface area contributed by atoms with Crippen LogP contribution >= 0.6 is 0 Å². The fourth-order valence-electron chi connectivity index (χ4n) is 2.82. The number of rotatable bonds is 6. The van der Waals surface area contributed by atoms with E-state index in [1.54, 1.807) is 7.11 Å². The number of aliphatic hydroxyl groups excluding tert-OH is 1. The van der Waals surface area contributed by atoms with Crippen LogP contribution < -0.4 is 10.1 Å². The van der Waals surface area contributed by atoms with Gasteiger partial charge in [-0.1, -0.05) is 60.2 Å². The molecule has 1 atom stereocenters. The summed E-state index contributed by atoms with van der Waals surface area (Å²) in [6.45, 7) is 2.72. The second-order valence-corrected chi connectivity index (χ2v) is 6.11. The zero-order valence-corrected chi connectivity index (χ0v) is 14.6. The molecule has 25 heavy (non-hydrogen) atoms. The molecule has 3 rings (SSSR count). The number of hydrogen-bond acceptors (Lipinski definition) is 3. The van der Waals surface area contributed by atoms with Gasteiger partial charge in [0.1, 0.15) is 11.9 Å². The Morgan fingerprint density at radius 1 is 0.960 bits per heavy atom. The van der Waals surface area contributed by atoms with Gasteiger partial charge in [-0.05, 0) is 36.2 Å². The van der Waals surface area contributed by atoms with Gasteiger partial charge in [-0.25, -0.2) is 0 Å². The third-order valence-corrected chi connectivity index (χ3v) is 4.26. The van der Waals surface area contributed by atoms with E-state index in [1.807, 2.05) is 73.7 Å². The Balaban J connectivity index is 1.81. The lowest BCUT2D eigenvalue weighted by atomic mass is 9.98. The number of ether oxygens (including phenoxy) is 1. The minimum Gasteiger partial charge on any atom is -0.497 e. The first-order valence-electron chi connectivity index (χ1n) is 8.38. The molecule has 0 saturated heterocycles. The second kappa shape index (κ2) is 7.86. The van der Waals surface area contributed by atoms with Crippen LogP contribution in [0.3, 0.4) is 0 Å². The van der Waals surface area contributed by atoms with Gasteiger partial charge in [-0.3, -0.25) is 0 Å². The average Bonchev–Trinajstić information content (AvgIpc) is 2.67. The molecular formula is C22H23NO2. The molecule has 128 valence electrons. The molecule has 3 heteroatoms. The lowest BCUT2D eigenvalue weighted by Gasteiger charge is -2.18. The van der Waals surface area contributed by atoms with E-state index < -0.39 is 6.10 Å². The van der Waals surface area contributed by atoms with Crippen molar-refractivity contribution in [2.45, 2.75) is 19.6 Å². The van der Waals surface area contributed by atoms with Crippen LogP contribution in [0.15, 0.2) is 72.8 Å². The average molecular weight is 333 g/mol. The number of aliphatic hydroxyl groups is 1. The first-order valence-corrected chi connectivity index (χ1v) is 8.38. The van der Waals surface area contributed by atoms with Gasteiger partial charge in [0, 0.05) is 17.8 Å². The minimum absolute atomic E-state index is 0.653. The maximum absolute atomic E-state index is 10.8. The summed E-state index contributed by atoms with van der Waals surface area (Å²) in [5, 5.41) is 14.3. The molecule has 0 aliphatic rings. The van der Waals surface area contributed by atoms with E-state index in [4.69, 9.17) is 4.74 Å². The molecule has 0 aromatic heterocycles. The number of anilines is 1. The Morgan fingerprint density at radius 2 is 1.68 bits per heavy atom. The topological polar surface area (TPSA) is 41.5 Å². The van der Waals surface area contributed by atoms with Gasteiger partial charge in [0.15, 0.2) is 0 Å². The van der Waals surface area contributed by atoms with Gasteiger partial charge in [0.25, 0.3) is 0 Å². The second-order valence-electron chi connectivity index (χ2n) is 6.11. The largest absolute Gasteiger partial charge is 0.497 e. The van der Waals surface area contributed by atoms with Crippen LogP contribution in [0.4, 0.5) is 5.69 Å². The monoisotopic (exact) mass is 333 g/mol. The van der Waals surface area contributed by atoms with Crippen molar-refractivity contribution < 1.29 is 9.84 Å². The van der Waals surface area contributed by atoms with E-state index >= 15 is 0 Å². The van der Waals surface area contributed by atoms with E-state index in [1.165, 1.54) is 0 Å². The molecule has 0 amide bonds. The van der Waals surface area contributed by atoms with Crippen molar-refractivity contribution in [3.63, 3.8) is 0 Å². The summed E-state index contributed by atoms with van der Waals surface area (Å²) in [6.07, 6.45) is -0.653. The molecule has 0 aliphatic carbocycles. The van der Waals surface area contributed by atoms with Gasteiger partial charge >= 0.3 is 0 Å². The standard InChI is InChI=1S/C22H23NO2/c1-16-8-13-21(23-15-17-9-11-19(25-2)12-10-17)20(14-16)22(24)18-6-4-3-5-7-18/h3-14,22-24H,15H2,1-2H3. The van der Waals surface area contributed by atoms with Crippen LogP contribution in [0, 0.1) is 6.92 Å². The third kappa shape index (κ3) is 4.20. The van der Waals surface area contributed by atoms with Crippen LogP contribution in [0.5, 0.6) is 5.75 Å². The Hall–Kier alpha value is -2.78. The van der Waals surface area contributed by atoms with Crippen molar-refractivity contribution in [3.05, 3.63) is 95.1 Å². The number of nitrogens with one attached hydrogen (secondary N) is 1. The molecule has 0 saturated carbocycles. The molecule has 0 radical (unpaired) electrons. The summed E-state index contributed by atoms with van der Waals surface area (Å²) < 4.78 is 5.19. The summed E-state index contributed by atoms with van der Waals surface area (Å²) in [7, 11) is 1.66. The third-order valence-electron chi connectivity index (χ3n) is 4.26. The van der Waals surface area contributed by atoms with Gasteiger partial charge in [-0.15, -0.1) is 0 Å². The quantitative estimate of drug-likeness (QED) is 0.687. The minimum atomic E-state index is -0.653. The fraction of sp³-hybridized carbons (Fsp3) is 0.182. The maximum atomic E-state index is 10.8. The Morgan fingerprint density at radius 3 is 2.36 bits per heavy atom. The van der Waals surface area contributed by atoms with E-state index in [0.717, 1.165) is 33.7 Å². The summed E-state index contributed by atoms with van der Waals surface area (Å²) in [5.74, 6) is 0.847. The molecule has 2 N–H and O–H groups in total. The Kier molecular flexibility index (Phi) is 5.36. The van der Waals surface area contributed by atoms with Crippen LogP contribution in [-0.2, 0) is 6.54 Å². The van der Waals surface area contributed by atoms with Crippen molar-refractivity contribution in [2.75, 3.05) is 12.4 Å². The number of methoxy groups -OCH3 is 1. The highest BCUT2D eigenvalue weighted by atomic mass is 16.5. The fourth-order valence-corrected chi connectivity index (χ4v) is 2.82. The molecule has 0 bridgehead atoms. The summed E-state index contributed by atoms with van der Waals surface area (Å²) in [4.78, 5) is 0. The highest BCUT2D eigenvalue weighted by Gasteiger charge is 2.14. The molecule has 3 aromatic rings. The predicted molar refractivity (Wildman–Crippen MR) is 102 cm³/mol. The lowest BCUT2D eigenvalue weighted by molar-refractivity contribution is 0.221. The molecule has 0 spiro atoms. The van der Waals surface area contributed by atoms with Gasteiger partial charge in [0.05, 0.1) is 7.11 Å². The maximum Gasteiger partial charge on any atom is 0.118 e.